The van der Waals surface area contributed by atoms with Gasteiger partial charge in [-0.2, -0.15) is 5.10 Å². The van der Waals surface area contributed by atoms with Gasteiger partial charge in [0.25, 0.3) is 0 Å². The second-order valence-corrected chi connectivity index (χ2v) is 10.7. The van der Waals surface area contributed by atoms with E-state index in [1.54, 1.807) is 24.3 Å². The van der Waals surface area contributed by atoms with Crippen molar-refractivity contribution >= 4 is 45.6 Å². The molecule has 1 heterocycles. The van der Waals surface area contributed by atoms with Crippen molar-refractivity contribution in [2.75, 3.05) is 23.7 Å². The quantitative estimate of drug-likeness (QED) is 0.158. The summed E-state index contributed by atoms with van der Waals surface area (Å²) in [5, 5.41) is 7.41. The first-order chi connectivity index (χ1) is 20.1. The van der Waals surface area contributed by atoms with E-state index in [4.69, 9.17) is 15.6 Å². The Kier molecular flexibility index (Phi) is 15.0. The monoisotopic (exact) mass is 613 g/mol. The van der Waals surface area contributed by atoms with Crippen LogP contribution in [0.5, 0.6) is 0 Å². The molecule has 5 rings (SSSR count). The van der Waals surface area contributed by atoms with E-state index in [0.29, 0.717) is 6.41 Å². The van der Waals surface area contributed by atoms with E-state index in [0.717, 1.165) is 52.4 Å². The molecular formula is C31H40ClN5O4S. The van der Waals surface area contributed by atoms with E-state index in [9.17, 15) is 13.2 Å². The van der Waals surface area contributed by atoms with E-state index in [1.807, 2.05) is 74.8 Å². The highest BCUT2D eigenvalue weighted by molar-refractivity contribution is 7.90. The van der Waals surface area contributed by atoms with Crippen molar-refractivity contribution in [1.82, 2.24) is 9.78 Å². The number of fused-ring (bicyclic) bond motifs is 3. The SMILES string of the molecule is CC.CCl.Cc1ccccc1N.Cc1nn(-c2ccc(S(C)(=O)=O)cc2)c2c1CCc1ccc(NC=O)cc1-2.NC=O. The number of hydrogen-bond donors (Lipinski definition) is 3. The zero-order valence-electron chi connectivity index (χ0n) is 24.9. The first kappa shape index (κ1) is 35.9. The van der Waals surface area contributed by atoms with Crippen LogP contribution >= 0.6 is 11.6 Å². The van der Waals surface area contributed by atoms with E-state index < -0.39 is 9.84 Å². The van der Waals surface area contributed by atoms with Gasteiger partial charge in [0.2, 0.25) is 12.8 Å². The fourth-order valence-electron chi connectivity index (χ4n) is 4.18. The Morgan fingerprint density at radius 1 is 0.952 bits per heavy atom. The third-order valence-electron chi connectivity index (χ3n) is 6.12. The van der Waals surface area contributed by atoms with Gasteiger partial charge >= 0.3 is 0 Å². The van der Waals surface area contributed by atoms with Gasteiger partial charge in [-0.05, 0) is 80.3 Å². The summed E-state index contributed by atoms with van der Waals surface area (Å²) in [4.78, 5) is 19.7. The summed E-state index contributed by atoms with van der Waals surface area (Å²) >= 11 is 4.64. The van der Waals surface area contributed by atoms with Gasteiger partial charge in [-0.1, -0.05) is 38.1 Å². The highest BCUT2D eigenvalue weighted by Crippen LogP contribution is 2.38. The molecule has 0 aliphatic heterocycles. The second kappa shape index (κ2) is 17.6. The van der Waals surface area contributed by atoms with Crippen molar-refractivity contribution < 1.29 is 18.0 Å². The number of anilines is 2. The smallest absolute Gasteiger partial charge is 0.211 e. The Hall–Kier alpha value is -4.15. The normalized spacial score (nSPS) is 10.6. The van der Waals surface area contributed by atoms with E-state index in [1.165, 1.54) is 23.8 Å². The molecule has 11 heteroatoms. The number of aryl methyl sites for hydroxylation is 3. The highest BCUT2D eigenvalue weighted by atomic mass is 35.5. The number of nitrogens with one attached hydrogen (secondary N) is 1. The number of hydrogen-bond acceptors (Lipinski definition) is 6. The van der Waals surface area contributed by atoms with Crippen molar-refractivity contribution in [2.45, 2.75) is 45.4 Å². The maximum absolute atomic E-state index is 11.7. The molecular weight excluding hydrogens is 574 g/mol. The molecule has 1 aromatic heterocycles. The Morgan fingerprint density at radius 3 is 2.05 bits per heavy atom. The zero-order chi connectivity index (χ0) is 31.9. The van der Waals surface area contributed by atoms with Crippen LogP contribution in [0.15, 0.2) is 71.6 Å². The summed E-state index contributed by atoms with van der Waals surface area (Å²) in [5.41, 5.74) is 18.6. The fourth-order valence-corrected chi connectivity index (χ4v) is 4.81. The van der Waals surface area contributed by atoms with Crippen LogP contribution in [0.4, 0.5) is 11.4 Å². The first-order valence-electron chi connectivity index (χ1n) is 13.2. The van der Waals surface area contributed by atoms with E-state index in [-0.39, 0.29) is 11.3 Å². The van der Waals surface area contributed by atoms with Crippen LogP contribution in [0.1, 0.15) is 36.2 Å². The van der Waals surface area contributed by atoms with Crippen LogP contribution in [0.3, 0.4) is 0 Å². The lowest BCUT2D eigenvalue weighted by molar-refractivity contribution is -0.107. The highest BCUT2D eigenvalue weighted by Gasteiger charge is 2.24. The summed E-state index contributed by atoms with van der Waals surface area (Å²) in [7, 11) is -3.25. The van der Waals surface area contributed by atoms with Crippen LogP contribution in [0.2, 0.25) is 0 Å². The molecule has 226 valence electrons. The van der Waals surface area contributed by atoms with Gasteiger partial charge < -0.3 is 16.8 Å². The van der Waals surface area contributed by atoms with Gasteiger partial charge in [-0.15, -0.1) is 11.6 Å². The van der Waals surface area contributed by atoms with E-state index >= 15 is 0 Å². The molecule has 0 saturated heterocycles. The Labute approximate surface area is 253 Å². The molecule has 4 aromatic rings. The van der Waals surface area contributed by atoms with Crippen LogP contribution in [-0.2, 0) is 32.3 Å². The van der Waals surface area contributed by atoms with Crippen molar-refractivity contribution in [3.8, 4) is 16.9 Å². The third-order valence-corrected chi connectivity index (χ3v) is 7.25. The van der Waals surface area contributed by atoms with Crippen LogP contribution in [0.25, 0.3) is 16.9 Å². The molecule has 0 atom stereocenters. The minimum atomic E-state index is -3.25. The minimum Gasteiger partial charge on any atom is -0.399 e. The van der Waals surface area contributed by atoms with Gasteiger partial charge in [-0.3, -0.25) is 9.59 Å². The van der Waals surface area contributed by atoms with Gasteiger partial charge in [-0.25, -0.2) is 13.1 Å². The van der Waals surface area contributed by atoms with Crippen LogP contribution < -0.4 is 16.8 Å². The number of amides is 2. The summed E-state index contributed by atoms with van der Waals surface area (Å²) in [5.74, 6) is 0. The summed E-state index contributed by atoms with van der Waals surface area (Å²) < 4.78 is 25.3. The van der Waals surface area contributed by atoms with Gasteiger partial charge in [0.05, 0.1) is 22.0 Å². The van der Waals surface area contributed by atoms with Crippen molar-refractivity contribution in [3.63, 3.8) is 0 Å². The lowest BCUT2D eigenvalue weighted by Gasteiger charge is -2.20. The lowest BCUT2D eigenvalue weighted by Crippen LogP contribution is -2.08. The number of rotatable bonds is 4. The number of nitrogens with two attached hydrogens (primary N) is 2. The number of para-hydroxylation sites is 1. The molecule has 1 aliphatic carbocycles. The number of sulfone groups is 1. The molecule has 3 aromatic carbocycles. The summed E-state index contributed by atoms with van der Waals surface area (Å²) in [6, 6.07) is 20.4. The molecule has 0 saturated carbocycles. The first-order valence-corrected chi connectivity index (χ1v) is 15.8. The number of nitrogens with zero attached hydrogens (tertiary/aromatic N) is 2. The molecule has 0 radical (unpaired) electrons. The molecule has 1 aliphatic rings. The van der Waals surface area contributed by atoms with Crippen molar-refractivity contribution in [2.24, 2.45) is 5.73 Å². The van der Waals surface area contributed by atoms with Crippen LogP contribution in [-0.4, -0.2) is 43.7 Å². The molecule has 0 fully saturated rings. The van der Waals surface area contributed by atoms with Gasteiger partial charge in [0.1, 0.15) is 0 Å². The van der Waals surface area contributed by atoms with Crippen molar-refractivity contribution in [1.29, 1.82) is 0 Å². The maximum atomic E-state index is 11.7. The fraction of sp³-hybridized carbons (Fsp3) is 0.258. The number of alkyl halides is 1. The summed E-state index contributed by atoms with van der Waals surface area (Å²) in [6.07, 6.45) is 5.40. The Balaban J connectivity index is 0.000000491. The van der Waals surface area contributed by atoms with Crippen LogP contribution in [0, 0.1) is 13.8 Å². The van der Waals surface area contributed by atoms with Gasteiger partial charge in [0, 0.05) is 35.1 Å². The van der Waals surface area contributed by atoms with E-state index in [2.05, 4.69) is 22.7 Å². The molecule has 42 heavy (non-hydrogen) atoms. The Bertz CT molecular complexity index is 1530. The average molecular weight is 614 g/mol. The number of halogens is 1. The largest absolute Gasteiger partial charge is 0.399 e. The molecule has 9 nitrogen and oxygen atoms in total. The number of primary amides is 1. The Morgan fingerprint density at radius 2 is 1.55 bits per heavy atom. The number of nitrogen functional groups attached to an aromatic ring is 1. The molecule has 5 N–H and O–H groups in total. The molecule has 0 spiro atoms. The number of carbonyl (C=O) groups is 2. The molecule has 0 unspecified atom stereocenters. The number of aromatic nitrogens is 2. The minimum absolute atomic E-state index is 0.250. The third kappa shape index (κ3) is 9.46. The average Bonchev–Trinajstić information content (AvgIpc) is 3.34. The standard InChI is InChI=1S/C20H19N3O3S.C7H9N.C2H6.CH3Cl.CH3NO/c1-13-18-10-4-14-3-5-15(21-12-24)11-19(14)20(18)23(22-13)16-6-8-17(9-7-16)27(2,25)26;1-6-4-2-3-5-7(6)8;2*1-2;2-1-3/h3,5-9,11-12H,4,10H2,1-2H3,(H,21,24);2-5H,8H2,1H3;1-2H3;1H3;1H,(H2,2,3). The van der Waals surface area contributed by atoms with Crippen molar-refractivity contribution in [3.05, 3.63) is 89.1 Å². The lowest BCUT2D eigenvalue weighted by atomic mass is 9.88. The van der Waals surface area contributed by atoms with Gasteiger partial charge in [0.15, 0.2) is 9.84 Å². The topological polar surface area (TPSA) is 150 Å². The maximum Gasteiger partial charge on any atom is 0.211 e. The predicted molar refractivity (Wildman–Crippen MR) is 173 cm³/mol. The summed E-state index contributed by atoms with van der Waals surface area (Å²) in [6.45, 7) is 7.98. The second-order valence-electron chi connectivity index (χ2n) is 8.72. The number of carbonyl (C=O) groups excluding carboxylic acids is 2. The zero-order valence-corrected chi connectivity index (χ0v) is 26.5. The molecule has 0 bridgehead atoms. The number of benzene rings is 3. The predicted octanol–water partition coefficient (Wildman–Crippen LogP) is 5.48. The molecule has 2 amide bonds.